The number of nitrogens with two attached hydrogens (primary N) is 1. The quantitative estimate of drug-likeness (QED) is 0.772. The topological polar surface area (TPSA) is 97.8 Å². The zero-order chi connectivity index (χ0) is 19.2. The number of likely N-dealkylation sites (tertiary alicyclic amines) is 1. The first-order valence-corrected chi connectivity index (χ1v) is 9.42. The molecule has 7 nitrogen and oxygen atoms in total. The molecule has 1 aromatic carbocycles. The Bertz CT molecular complexity index is 802. The molecule has 0 aliphatic carbocycles. The van der Waals surface area contributed by atoms with Crippen LogP contribution in [0.5, 0.6) is 5.75 Å². The predicted octanol–water partition coefficient (Wildman–Crippen LogP) is 1.83. The number of methoxy groups -OCH3 is 1. The molecule has 0 bridgehead atoms. The van der Waals surface area contributed by atoms with Gasteiger partial charge in [-0.05, 0) is 31.4 Å². The molecule has 3 N–H and O–H groups in total. The summed E-state index contributed by atoms with van der Waals surface area (Å²) in [5.41, 5.74) is 6.99. The predicted molar refractivity (Wildman–Crippen MR) is 103 cm³/mol. The van der Waals surface area contributed by atoms with Crippen molar-refractivity contribution in [3.8, 4) is 5.75 Å². The lowest BCUT2D eigenvalue weighted by molar-refractivity contribution is -0.134. The molecule has 146 valence electrons. The van der Waals surface area contributed by atoms with Crippen molar-refractivity contribution >= 4 is 22.8 Å². The van der Waals surface area contributed by atoms with E-state index in [-0.39, 0.29) is 24.3 Å². The Hall–Kier alpha value is -2.54. The molecule has 1 aliphatic heterocycles. The van der Waals surface area contributed by atoms with Gasteiger partial charge in [-0.2, -0.15) is 0 Å². The molecule has 7 heteroatoms. The second-order valence-electron chi connectivity index (χ2n) is 6.88. The third-order valence-electron chi connectivity index (χ3n) is 5.06. The molecular weight excluding hydrogens is 346 g/mol. The number of hydrogen-bond donors (Lipinski definition) is 2. The number of carbonyl (C=O) groups is 2. The number of carbonyl (C=O) groups excluding carboxylic acids is 2. The first kappa shape index (κ1) is 19.2. The Labute approximate surface area is 158 Å². The van der Waals surface area contributed by atoms with Gasteiger partial charge in [0.05, 0.1) is 19.8 Å². The van der Waals surface area contributed by atoms with Crippen molar-refractivity contribution < 1.29 is 18.7 Å². The highest BCUT2D eigenvalue weighted by molar-refractivity contribution is 5.88. The van der Waals surface area contributed by atoms with Crippen LogP contribution in [0.25, 0.3) is 11.0 Å². The number of nitrogens with zero attached hydrogens (tertiary/aromatic N) is 1. The minimum Gasteiger partial charge on any atom is -0.497 e. The van der Waals surface area contributed by atoms with Gasteiger partial charge in [-0.3, -0.25) is 9.59 Å². The summed E-state index contributed by atoms with van der Waals surface area (Å²) in [5, 5.41) is 3.82. The third kappa shape index (κ3) is 4.60. The Morgan fingerprint density at radius 2 is 2.22 bits per heavy atom. The standard InChI is InChI=1S/C20H27N3O4/c1-26-16-5-6-17-14(13-27-18(17)11-16)10-20(25)23-9-3-2-4-15(23)12-22-19(24)7-8-21/h5-6,11,13,15H,2-4,7-10,12,21H2,1H3,(H,22,24). The number of nitrogens with one attached hydrogen (secondary N) is 1. The van der Waals surface area contributed by atoms with Crippen LogP contribution in [0.4, 0.5) is 0 Å². The van der Waals surface area contributed by atoms with Crippen LogP contribution < -0.4 is 15.8 Å². The number of benzene rings is 1. The van der Waals surface area contributed by atoms with Gasteiger partial charge >= 0.3 is 0 Å². The highest BCUT2D eigenvalue weighted by atomic mass is 16.5. The molecule has 27 heavy (non-hydrogen) atoms. The van der Waals surface area contributed by atoms with Gasteiger partial charge in [0.2, 0.25) is 11.8 Å². The summed E-state index contributed by atoms with van der Waals surface area (Å²) < 4.78 is 10.8. The lowest BCUT2D eigenvalue weighted by Crippen LogP contribution is -2.50. The maximum Gasteiger partial charge on any atom is 0.227 e. The molecule has 1 atom stereocenters. The number of hydrogen-bond acceptors (Lipinski definition) is 5. The maximum absolute atomic E-state index is 12.9. The summed E-state index contributed by atoms with van der Waals surface area (Å²) in [5.74, 6) is 0.718. The zero-order valence-electron chi connectivity index (χ0n) is 15.7. The van der Waals surface area contributed by atoms with Crippen molar-refractivity contribution in [1.29, 1.82) is 0 Å². The fourth-order valence-corrected chi connectivity index (χ4v) is 3.58. The molecular formula is C20H27N3O4. The fourth-order valence-electron chi connectivity index (χ4n) is 3.58. The molecule has 0 saturated carbocycles. The van der Waals surface area contributed by atoms with E-state index in [0.29, 0.717) is 25.1 Å². The second-order valence-corrected chi connectivity index (χ2v) is 6.88. The van der Waals surface area contributed by atoms with Crippen molar-refractivity contribution in [2.75, 3.05) is 26.7 Å². The molecule has 0 spiro atoms. The Balaban J connectivity index is 1.67. The molecule has 1 aromatic heterocycles. The minimum absolute atomic E-state index is 0.0335. The number of ether oxygens (including phenoxy) is 1. The van der Waals surface area contributed by atoms with E-state index in [1.54, 1.807) is 13.4 Å². The van der Waals surface area contributed by atoms with E-state index in [2.05, 4.69) is 5.32 Å². The van der Waals surface area contributed by atoms with E-state index >= 15 is 0 Å². The van der Waals surface area contributed by atoms with Gasteiger partial charge in [0, 0.05) is 49.1 Å². The molecule has 2 amide bonds. The Kier molecular flexibility index (Phi) is 6.34. The van der Waals surface area contributed by atoms with Crippen LogP contribution >= 0.6 is 0 Å². The van der Waals surface area contributed by atoms with Crippen LogP contribution in [0.1, 0.15) is 31.2 Å². The smallest absolute Gasteiger partial charge is 0.227 e. The Morgan fingerprint density at radius 3 is 3.00 bits per heavy atom. The van der Waals surface area contributed by atoms with E-state index in [1.165, 1.54) is 0 Å². The number of fused-ring (bicyclic) bond motifs is 1. The normalized spacial score (nSPS) is 17.1. The summed E-state index contributed by atoms with van der Waals surface area (Å²) in [7, 11) is 1.61. The van der Waals surface area contributed by atoms with Gasteiger partial charge in [0.1, 0.15) is 11.3 Å². The van der Waals surface area contributed by atoms with Gasteiger partial charge < -0.3 is 25.1 Å². The van der Waals surface area contributed by atoms with E-state index in [0.717, 1.165) is 42.5 Å². The summed E-state index contributed by atoms with van der Waals surface area (Å²) in [6.07, 6.45) is 5.19. The minimum atomic E-state index is -0.0646. The summed E-state index contributed by atoms with van der Waals surface area (Å²) in [4.78, 5) is 26.5. The van der Waals surface area contributed by atoms with Crippen LogP contribution in [0.2, 0.25) is 0 Å². The SMILES string of the molecule is COc1ccc2c(CC(=O)N3CCCCC3CNC(=O)CCN)coc2c1. The summed E-state index contributed by atoms with van der Waals surface area (Å²) >= 11 is 0. The van der Waals surface area contributed by atoms with Gasteiger partial charge in [-0.15, -0.1) is 0 Å². The Morgan fingerprint density at radius 1 is 1.37 bits per heavy atom. The van der Waals surface area contributed by atoms with Crippen LogP contribution in [0.15, 0.2) is 28.9 Å². The van der Waals surface area contributed by atoms with Crippen molar-refractivity contribution in [3.63, 3.8) is 0 Å². The van der Waals surface area contributed by atoms with Crippen LogP contribution in [-0.4, -0.2) is 49.5 Å². The van der Waals surface area contributed by atoms with Crippen LogP contribution in [0.3, 0.4) is 0 Å². The average molecular weight is 373 g/mol. The maximum atomic E-state index is 12.9. The number of amides is 2. The van der Waals surface area contributed by atoms with Crippen molar-refractivity contribution in [2.24, 2.45) is 5.73 Å². The molecule has 2 aromatic rings. The van der Waals surface area contributed by atoms with Gasteiger partial charge in [0.25, 0.3) is 0 Å². The molecule has 0 radical (unpaired) electrons. The average Bonchev–Trinajstić information content (AvgIpc) is 3.08. The van der Waals surface area contributed by atoms with Crippen molar-refractivity contribution in [3.05, 3.63) is 30.0 Å². The monoisotopic (exact) mass is 373 g/mol. The molecule has 1 saturated heterocycles. The van der Waals surface area contributed by atoms with Gasteiger partial charge in [0.15, 0.2) is 0 Å². The largest absolute Gasteiger partial charge is 0.497 e. The van der Waals surface area contributed by atoms with Gasteiger partial charge in [-0.25, -0.2) is 0 Å². The van der Waals surface area contributed by atoms with Crippen LogP contribution in [0, 0.1) is 0 Å². The molecule has 3 rings (SSSR count). The summed E-state index contributed by atoms with van der Waals surface area (Å²) in [6, 6.07) is 5.63. The van der Waals surface area contributed by atoms with E-state index < -0.39 is 0 Å². The molecule has 2 heterocycles. The number of piperidine rings is 1. The second kappa shape index (κ2) is 8.90. The van der Waals surface area contributed by atoms with E-state index in [4.69, 9.17) is 14.9 Å². The highest BCUT2D eigenvalue weighted by Crippen LogP contribution is 2.27. The molecule has 1 aliphatic rings. The third-order valence-corrected chi connectivity index (χ3v) is 5.06. The van der Waals surface area contributed by atoms with Crippen molar-refractivity contribution in [1.82, 2.24) is 10.2 Å². The lowest BCUT2D eigenvalue weighted by atomic mass is 10.0. The number of furan rings is 1. The van der Waals surface area contributed by atoms with Gasteiger partial charge in [-0.1, -0.05) is 0 Å². The van der Waals surface area contributed by atoms with E-state index in [9.17, 15) is 9.59 Å². The summed E-state index contributed by atoms with van der Waals surface area (Å²) in [6.45, 7) is 1.53. The first-order chi connectivity index (χ1) is 13.1. The van der Waals surface area contributed by atoms with Crippen LogP contribution in [-0.2, 0) is 16.0 Å². The fraction of sp³-hybridized carbons (Fsp3) is 0.500. The molecule has 1 fully saturated rings. The first-order valence-electron chi connectivity index (χ1n) is 9.42. The highest BCUT2D eigenvalue weighted by Gasteiger charge is 2.27. The molecule has 1 unspecified atom stereocenters. The van der Waals surface area contributed by atoms with Crippen molar-refractivity contribution in [2.45, 2.75) is 38.1 Å². The number of rotatable bonds is 7. The lowest BCUT2D eigenvalue weighted by Gasteiger charge is -2.36. The van der Waals surface area contributed by atoms with E-state index in [1.807, 2.05) is 23.1 Å². The zero-order valence-corrected chi connectivity index (χ0v) is 15.7.